The molecule has 0 spiro atoms. The van der Waals surface area contributed by atoms with Gasteiger partial charge in [0, 0.05) is 5.56 Å². The maximum atomic E-state index is 12.1. The van der Waals surface area contributed by atoms with Crippen molar-refractivity contribution >= 4 is 28.9 Å². The average Bonchev–Trinajstić information content (AvgIpc) is 3.13. The maximum Gasteiger partial charge on any atom is 0.392 e. The Bertz CT molecular complexity index is 482. The summed E-state index contributed by atoms with van der Waals surface area (Å²) in [5, 5.41) is 0. The Balaban J connectivity index is 2.14. The van der Waals surface area contributed by atoms with Gasteiger partial charge >= 0.3 is 6.18 Å². The first kappa shape index (κ1) is 14.6. The summed E-state index contributed by atoms with van der Waals surface area (Å²) in [5.74, 6) is 0.785. The quantitative estimate of drug-likeness (QED) is 0.559. The van der Waals surface area contributed by atoms with Crippen molar-refractivity contribution in [2.45, 2.75) is 31.4 Å². The van der Waals surface area contributed by atoms with Gasteiger partial charge in [-0.05, 0) is 59.0 Å². The van der Waals surface area contributed by atoms with Gasteiger partial charge in [-0.2, -0.15) is 13.2 Å². The molecule has 19 heavy (non-hydrogen) atoms. The van der Waals surface area contributed by atoms with E-state index in [0.717, 1.165) is 22.0 Å². The predicted octanol–water partition coefficient (Wildman–Crippen LogP) is 4.31. The smallest absolute Gasteiger partial charge is 0.392 e. The highest BCUT2D eigenvalue weighted by Crippen LogP contribution is 2.44. The van der Waals surface area contributed by atoms with Crippen molar-refractivity contribution in [3.05, 3.63) is 26.8 Å². The summed E-state index contributed by atoms with van der Waals surface area (Å²) < 4.78 is 42.3. The van der Waals surface area contributed by atoms with Crippen LogP contribution in [-0.2, 0) is 0 Å². The maximum absolute atomic E-state index is 12.1. The lowest BCUT2D eigenvalue weighted by molar-refractivity contribution is -0.139. The molecule has 0 amide bonds. The van der Waals surface area contributed by atoms with Crippen molar-refractivity contribution in [3.63, 3.8) is 0 Å². The highest BCUT2D eigenvalue weighted by Gasteiger charge is 2.29. The van der Waals surface area contributed by atoms with E-state index in [1.54, 1.807) is 6.07 Å². The van der Waals surface area contributed by atoms with Gasteiger partial charge in [0.2, 0.25) is 0 Å². The van der Waals surface area contributed by atoms with Crippen LogP contribution in [0, 0.1) is 3.57 Å². The molecule has 1 aliphatic carbocycles. The monoisotopic (exact) mass is 384 g/mol. The molecule has 1 fully saturated rings. The third-order valence-corrected chi connectivity index (χ3v) is 4.04. The first-order chi connectivity index (χ1) is 8.90. The van der Waals surface area contributed by atoms with Crippen LogP contribution in [0.25, 0.3) is 0 Å². The molecule has 0 saturated heterocycles. The van der Waals surface area contributed by atoms with Gasteiger partial charge in [0.05, 0.1) is 16.6 Å². The second kappa shape index (κ2) is 5.68. The van der Waals surface area contributed by atoms with Gasteiger partial charge in [-0.1, -0.05) is 0 Å². The average molecular weight is 384 g/mol. The number of alkyl halides is 3. The second-order valence-corrected chi connectivity index (χ2v) is 5.61. The fourth-order valence-corrected chi connectivity index (χ4v) is 2.69. The molecule has 1 saturated carbocycles. The zero-order chi connectivity index (χ0) is 14.0. The zero-order valence-electron chi connectivity index (χ0n) is 9.97. The van der Waals surface area contributed by atoms with Crippen LogP contribution < -0.4 is 4.74 Å². The van der Waals surface area contributed by atoms with Gasteiger partial charge < -0.3 is 4.74 Å². The van der Waals surface area contributed by atoms with Crippen molar-refractivity contribution in [2.24, 2.45) is 0 Å². The van der Waals surface area contributed by atoms with Crippen LogP contribution in [0.3, 0.4) is 0 Å². The van der Waals surface area contributed by atoms with Crippen molar-refractivity contribution in [3.8, 4) is 5.75 Å². The molecule has 1 aromatic rings. The molecule has 0 unspecified atom stereocenters. The number of benzene rings is 1. The normalized spacial score (nSPS) is 15.4. The van der Waals surface area contributed by atoms with E-state index in [9.17, 15) is 18.0 Å². The predicted molar refractivity (Wildman–Crippen MR) is 72.7 cm³/mol. The number of hydrogen-bond donors (Lipinski definition) is 0. The molecular formula is C13H12F3IO2. The Kier molecular flexibility index (Phi) is 4.37. The summed E-state index contributed by atoms with van der Waals surface area (Å²) in [5.41, 5.74) is 1.46. The molecule has 0 atom stereocenters. The number of carbonyl (C=O) groups is 1. The van der Waals surface area contributed by atoms with Gasteiger partial charge in [0.25, 0.3) is 0 Å². The van der Waals surface area contributed by atoms with Crippen LogP contribution in [0.2, 0.25) is 0 Å². The molecule has 1 aromatic carbocycles. The topological polar surface area (TPSA) is 26.3 Å². The summed E-state index contributed by atoms with van der Waals surface area (Å²) in [6, 6.07) is 3.29. The molecule has 0 aliphatic heterocycles. The fourth-order valence-electron chi connectivity index (χ4n) is 1.78. The summed E-state index contributed by atoms with van der Waals surface area (Å²) in [6.07, 6.45) is -2.42. The van der Waals surface area contributed by atoms with Crippen molar-refractivity contribution in [1.29, 1.82) is 0 Å². The van der Waals surface area contributed by atoms with Crippen LogP contribution in [0.4, 0.5) is 13.2 Å². The van der Waals surface area contributed by atoms with Crippen LogP contribution in [0.5, 0.6) is 5.75 Å². The highest BCUT2D eigenvalue weighted by atomic mass is 127. The Hall–Kier alpha value is -0.790. The highest BCUT2D eigenvalue weighted by molar-refractivity contribution is 14.1. The molecule has 0 radical (unpaired) electrons. The lowest BCUT2D eigenvalue weighted by Crippen LogP contribution is -2.13. The SMILES string of the molecule is O=Cc1cc(OCCC(F)(F)F)c(I)c(C2CC2)c1. The molecule has 6 heteroatoms. The van der Waals surface area contributed by atoms with E-state index in [1.165, 1.54) is 6.07 Å². The van der Waals surface area contributed by atoms with E-state index in [-0.39, 0.29) is 0 Å². The lowest BCUT2D eigenvalue weighted by Gasteiger charge is -2.13. The molecule has 104 valence electrons. The largest absolute Gasteiger partial charge is 0.492 e. The Morgan fingerprint density at radius 1 is 1.37 bits per heavy atom. The minimum Gasteiger partial charge on any atom is -0.492 e. The molecule has 0 N–H and O–H groups in total. The number of halogens is 4. The second-order valence-electron chi connectivity index (χ2n) is 4.53. The first-order valence-corrected chi connectivity index (χ1v) is 6.97. The van der Waals surface area contributed by atoms with Crippen LogP contribution in [-0.4, -0.2) is 19.1 Å². The van der Waals surface area contributed by atoms with Crippen LogP contribution in [0.15, 0.2) is 12.1 Å². The molecule has 0 aromatic heterocycles. The number of aldehydes is 1. The summed E-state index contributed by atoms with van der Waals surface area (Å²) in [4.78, 5) is 10.9. The molecular weight excluding hydrogens is 372 g/mol. The van der Waals surface area contributed by atoms with E-state index in [2.05, 4.69) is 22.6 Å². The van der Waals surface area contributed by atoms with Crippen molar-refractivity contribution in [2.75, 3.05) is 6.61 Å². The van der Waals surface area contributed by atoms with Crippen molar-refractivity contribution in [1.82, 2.24) is 0 Å². The molecule has 1 aliphatic rings. The minimum absolute atomic E-state index is 0.372. The number of ether oxygens (including phenoxy) is 1. The molecule has 2 nitrogen and oxygen atoms in total. The van der Waals surface area contributed by atoms with E-state index >= 15 is 0 Å². The Labute approximate surface area is 122 Å². The van der Waals surface area contributed by atoms with Crippen LogP contribution >= 0.6 is 22.6 Å². The number of carbonyl (C=O) groups excluding carboxylic acids is 1. The van der Waals surface area contributed by atoms with E-state index in [1.807, 2.05) is 0 Å². The third kappa shape index (κ3) is 4.09. The molecule has 0 heterocycles. The van der Waals surface area contributed by atoms with E-state index < -0.39 is 19.2 Å². The van der Waals surface area contributed by atoms with E-state index in [0.29, 0.717) is 23.5 Å². The lowest BCUT2D eigenvalue weighted by atomic mass is 10.1. The zero-order valence-corrected chi connectivity index (χ0v) is 12.1. The summed E-state index contributed by atoms with van der Waals surface area (Å²) in [6.45, 7) is -0.425. The summed E-state index contributed by atoms with van der Waals surface area (Å²) in [7, 11) is 0. The standard InChI is InChI=1S/C13H12F3IO2/c14-13(15,16)3-4-19-11-6-8(7-18)5-10(12(11)17)9-1-2-9/h5-7,9H,1-4H2. The van der Waals surface area contributed by atoms with Gasteiger partial charge in [-0.3, -0.25) is 4.79 Å². The fraction of sp³-hybridized carbons (Fsp3) is 0.462. The van der Waals surface area contributed by atoms with E-state index in [4.69, 9.17) is 4.74 Å². The molecule has 0 bridgehead atoms. The van der Waals surface area contributed by atoms with Crippen LogP contribution in [0.1, 0.15) is 41.1 Å². The number of hydrogen-bond acceptors (Lipinski definition) is 2. The van der Waals surface area contributed by atoms with Crippen molar-refractivity contribution < 1.29 is 22.7 Å². The Morgan fingerprint density at radius 3 is 2.58 bits per heavy atom. The third-order valence-electron chi connectivity index (χ3n) is 2.89. The van der Waals surface area contributed by atoms with Gasteiger partial charge in [-0.25, -0.2) is 0 Å². The van der Waals surface area contributed by atoms with Gasteiger partial charge in [0.1, 0.15) is 12.0 Å². The first-order valence-electron chi connectivity index (χ1n) is 5.89. The van der Waals surface area contributed by atoms with Gasteiger partial charge in [-0.15, -0.1) is 0 Å². The van der Waals surface area contributed by atoms with Gasteiger partial charge in [0.15, 0.2) is 0 Å². The summed E-state index contributed by atoms with van der Waals surface area (Å²) >= 11 is 2.07. The molecule has 2 rings (SSSR count). The Morgan fingerprint density at radius 2 is 2.05 bits per heavy atom. The number of rotatable bonds is 5. The minimum atomic E-state index is -4.23.